The summed E-state index contributed by atoms with van der Waals surface area (Å²) in [5.41, 5.74) is 1.59. The second-order valence-electron chi connectivity index (χ2n) is 5.39. The van der Waals surface area contributed by atoms with Gasteiger partial charge < -0.3 is 5.32 Å². The molecule has 2 aromatic heterocycles. The molecule has 0 spiro atoms. The first-order valence-corrected chi connectivity index (χ1v) is 7.80. The maximum Gasteiger partial charge on any atom is 0.181 e. The van der Waals surface area contributed by atoms with E-state index in [9.17, 15) is 0 Å². The zero-order valence-corrected chi connectivity index (χ0v) is 15.0. The summed E-state index contributed by atoms with van der Waals surface area (Å²) in [5, 5.41) is 3.10. The summed E-state index contributed by atoms with van der Waals surface area (Å²) < 4.78 is 1.77. The van der Waals surface area contributed by atoms with Crippen LogP contribution in [0.1, 0.15) is 26.5 Å². The molecule has 2 heterocycles. The van der Waals surface area contributed by atoms with E-state index in [0.29, 0.717) is 5.82 Å². The van der Waals surface area contributed by atoms with Crippen LogP contribution in [-0.4, -0.2) is 22.0 Å². The average molecular weight is 400 g/mol. The highest BCUT2D eigenvalue weighted by molar-refractivity contribution is 9.11. The molecule has 0 atom stereocenters. The summed E-state index contributed by atoms with van der Waals surface area (Å²) in [4.78, 5) is 13.6. The summed E-state index contributed by atoms with van der Waals surface area (Å²) in [7, 11) is 1.84. The van der Waals surface area contributed by atoms with Crippen LogP contribution in [0.15, 0.2) is 27.3 Å². The molecule has 1 N–H and O–H groups in total. The predicted octanol–water partition coefficient (Wildman–Crippen LogP) is 4.40. The molecule has 0 unspecified atom stereocenters. The molecule has 6 heteroatoms. The Balaban J connectivity index is 2.70. The quantitative estimate of drug-likeness (QED) is 0.812. The molecule has 2 aromatic rings. The van der Waals surface area contributed by atoms with Crippen LogP contribution < -0.4 is 5.32 Å². The summed E-state index contributed by atoms with van der Waals surface area (Å²) in [6.07, 6.45) is 1.74. The molecule has 0 aromatic carbocycles. The fourth-order valence-electron chi connectivity index (χ4n) is 1.77. The van der Waals surface area contributed by atoms with Crippen LogP contribution in [-0.2, 0) is 5.41 Å². The SMILES string of the molecule is CNc1nc(-c2ncccc2Br)nc(C(C)(C)C)c1Br. The highest BCUT2D eigenvalue weighted by Crippen LogP contribution is 2.35. The van der Waals surface area contributed by atoms with Crippen molar-refractivity contribution in [2.45, 2.75) is 26.2 Å². The minimum absolute atomic E-state index is 0.0939. The summed E-state index contributed by atoms with van der Waals surface area (Å²) in [6.45, 7) is 6.37. The van der Waals surface area contributed by atoms with E-state index in [1.807, 2.05) is 19.2 Å². The van der Waals surface area contributed by atoms with Crippen molar-refractivity contribution < 1.29 is 0 Å². The lowest BCUT2D eigenvalue weighted by Crippen LogP contribution is -2.17. The van der Waals surface area contributed by atoms with Crippen molar-refractivity contribution in [1.29, 1.82) is 0 Å². The summed E-state index contributed by atoms with van der Waals surface area (Å²) in [6, 6.07) is 3.81. The van der Waals surface area contributed by atoms with Crippen molar-refractivity contribution in [1.82, 2.24) is 15.0 Å². The van der Waals surface area contributed by atoms with Gasteiger partial charge in [-0.1, -0.05) is 20.8 Å². The minimum Gasteiger partial charge on any atom is -0.372 e. The van der Waals surface area contributed by atoms with E-state index in [1.165, 1.54) is 0 Å². The van der Waals surface area contributed by atoms with E-state index in [1.54, 1.807) is 6.20 Å². The number of pyridine rings is 1. The number of halogens is 2. The van der Waals surface area contributed by atoms with Gasteiger partial charge in [-0.2, -0.15) is 0 Å². The van der Waals surface area contributed by atoms with E-state index < -0.39 is 0 Å². The van der Waals surface area contributed by atoms with Crippen LogP contribution in [0.25, 0.3) is 11.5 Å². The van der Waals surface area contributed by atoms with Crippen LogP contribution in [0.4, 0.5) is 5.82 Å². The van der Waals surface area contributed by atoms with Crippen LogP contribution in [0.3, 0.4) is 0 Å². The molecule has 0 aliphatic rings. The topological polar surface area (TPSA) is 50.7 Å². The molecule has 106 valence electrons. The van der Waals surface area contributed by atoms with Gasteiger partial charge in [-0.15, -0.1) is 0 Å². The zero-order chi connectivity index (χ0) is 14.9. The molecule has 0 aliphatic carbocycles. The van der Waals surface area contributed by atoms with Gasteiger partial charge in [-0.3, -0.25) is 4.98 Å². The van der Waals surface area contributed by atoms with E-state index in [0.717, 1.165) is 26.2 Å². The lowest BCUT2D eigenvalue weighted by atomic mass is 9.92. The molecule has 0 saturated carbocycles. The molecule has 0 saturated heterocycles. The highest BCUT2D eigenvalue weighted by atomic mass is 79.9. The molecule has 20 heavy (non-hydrogen) atoms. The van der Waals surface area contributed by atoms with E-state index in [-0.39, 0.29) is 5.41 Å². The highest BCUT2D eigenvalue weighted by Gasteiger charge is 2.24. The van der Waals surface area contributed by atoms with E-state index in [2.05, 4.69) is 67.9 Å². The maximum absolute atomic E-state index is 4.69. The number of anilines is 1. The van der Waals surface area contributed by atoms with Gasteiger partial charge in [-0.25, -0.2) is 9.97 Å². The summed E-state index contributed by atoms with van der Waals surface area (Å²) in [5.74, 6) is 1.37. The second kappa shape index (κ2) is 5.77. The predicted molar refractivity (Wildman–Crippen MR) is 88.9 cm³/mol. The van der Waals surface area contributed by atoms with Crippen molar-refractivity contribution in [2.24, 2.45) is 0 Å². The van der Waals surface area contributed by atoms with Gasteiger partial charge in [0.1, 0.15) is 11.5 Å². The minimum atomic E-state index is -0.0939. The second-order valence-corrected chi connectivity index (χ2v) is 7.04. The largest absolute Gasteiger partial charge is 0.372 e. The van der Waals surface area contributed by atoms with E-state index >= 15 is 0 Å². The van der Waals surface area contributed by atoms with Crippen LogP contribution in [0, 0.1) is 0 Å². The van der Waals surface area contributed by atoms with Crippen LogP contribution in [0.5, 0.6) is 0 Å². The average Bonchev–Trinajstić information content (AvgIpc) is 2.38. The third-order valence-corrected chi connectivity index (χ3v) is 4.16. The van der Waals surface area contributed by atoms with Crippen molar-refractivity contribution in [3.8, 4) is 11.5 Å². The fourth-order valence-corrected chi connectivity index (χ4v) is 3.17. The zero-order valence-electron chi connectivity index (χ0n) is 11.8. The Morgan fingerprint density at radius 2 is 1.85 bits per heavy atom. The first kappa shape index (κ1) is 15.4. The number of nitrogens with zero attached hydrogens (tertiary/aromatic N) is 3. The van der Waals surface area contributed by atoms with Crippen LogP contribution >= 0.6 is 31.9 Å². The first-order valence-electron chi connectivity index (χ1n) is 6.21. The Bertz CT molecular complexity index is 636. The normalized spacial score (nSPS) is 11.5. The summed E-state index contributed by atoms with van der Waals surface area (Å²) >= 11 is 7.08. The van der Waals surface area contributed by atoms with Gasteiger partial charge in [0.15, 0.2) is 5.82 Å². The van der Waals surface area contributed by atoms with Crippen molar-refractivity contribution >= 4 is 37.7 Å². The Morgan fingerprint density at radius 1 is 1.15 bits per heavy atom. The molecular formula is C14H16Br2N4. The van der Waals surface area contributed by atoms with Gasteiger partial charge in [0.2, 0.25) is 0 Å². The number of nitrogens with one attached hydrogen (secondary N) is 1. The third-order valence-electron chi connectivity index (χ3n) is 2.77. The van der Waals surface area contributed by atoms with Gasteiger partial charge in [-0.05, 0) is 44.0 Å². The standard InChI is InChI=1S/C14H16Br2N4/c1-14(2,3)11-9(16)12(17-4)20-13(19-11)10-8(15)6-5-7-18-10/h5-7H,1-4H3,(H,17,19,20). The molecule has 0 amide bonds. The van der Waals surface area contributed by atoms with Crippen molar-refractivity contribution in [3.63, 3.8) is 0 Å². The van der Waals surface area contributed by atoms with Gasteiger partial charge in [0.25, 0.3) is 0 Å². The van der Waals surface area contributed by atoms with Gasteiger partial charge >= 0.3 is 0 Å². The third kappa shape index (κ3) is 3.01. The molecule has 2 rings (SSSR count). The Hall–Kier alpha value is -1.01. The number of aromatic nitrogens is 3. The van der Waals surface area contributed by atoms with Gasteiger partial charge in [0, 0.05) is 23.1 Å². The molecular weight excluding hydrogens is 384 g/mol. The number of hydrogen-bond acceptors (Lipinski definition) is 4. The fraction of sp³-hybridized carbons (Fsp3) is 0.357. The van der Waals surface area contributed by atoms with Crippen LogP contribution in [0.2, 0.25) is 0 Å². The smallest absolute Gasteiger partial charge is 0.181 e. The lowest BCUT2D eigenvalue weighted by Gasteiger charge is -2.21. The Kier molecular flexibility index (Phi) is 4.44. The van der Waals surface area contributed by atoms with Crippen molar-refractivity contribution in [3.05, 3.63) is 33.0 Å². The first-order chi connectivity index (χ1) is 9.34. The monoisotopic (exact) mass is 398 g/mol. The molecule has 0 fully saturated rings. The molecule has 0 radical (unpaired) electrons. The number of rotatable bonds is 2. The number of hydrogen-bond donors (Lipinski definition) is 1. The Labute approximate surface area is 135 Å². The molecule has 0 aliphatic heterocycles. The molecule has 0 bridgehead atoms. The molecule has 4 nitrogen and oxygen atoms in total. The Morgan fingerprint density at radius 3 is 2.40 bits per heavy atom. The van der Waals surface area contributed by atoms with Crippen molar-refractivity contribution in [2.75, 3.05) is 12.4 Å². The maximum atomic E-state index is 4.69. The van der Waals surface area contributed by atoms with E-state index in [4.69, 9.17) is 4.98 Å². The van der Waals surface area contributed by atoms with Gasteiger partial charge in [0.05, 0.1) is 10.2 Å². The lowest BCUT2D eigenvalue weighted by molar-refractivity contribution is 0.564.